The van der Waals surface area contributed by atoms with Crippen LogP contribution in [0.25, 0.3) is 0 Å². The van der Waals surface area contributed by atoms with Crippen LogP contribution in [0.1, 0.15) is 59.7 Å². The van der Waals surface area contributed by atoms with Gasteiger partial charge in [0.25, 0.3) is 5.91 Å². The average Bonchev–Trinajstić information content (AvgIpc) is 2.97. The van der Waals surface area contributed by atoms with Crippen molar-refractivity contribution in [1.82, 2.24) is 10.6 Å². The summed E-state index contributed by atoms with van der Waals surface area (Å²) >= 11 is 0. The van der Waals surface area contributed by atoms with Crippen LogP contribution in [-0.4, -0.2) is 49.3 Å². The first kappa shape index (κ1) is 29.3. The molecule has 3 N–H and O–H groups in total. The van der Waals surface area contributed by atoms with E-state index in [2.05, 4.69) is 17.6 Å². The molecule has 1 aliphatic rings. The third kappa shape index (κ3) is 8.16. The van der Waals surface area contributed by atoms with Crippen LogP contribution < -0.4 is 20.3 Å². The first-order valence-electron chi connectivity index (χ1n) is 14.3. The van der Waals surface area contributed by atoms with E-state index < -0.39 is 12.1 Å². The van der Waals surface area contributed by atoms with Gasteiger partial charge in [-0.15, -0.1) is 0 Å². The highest BCUT2D eigenvalue weighted by atomic mass is 16.5. The number of rotatable bonds is 13. The van der Waals surface area contributed by atoms with Crippen LogP contribution >= 0.6 is 0 Å². The molecule has 0 bridgehead atoms. The number of amides is 2. The second-order valence-corrected chi connectivity index (χ2v) is 10.5. The van der Waals surface area contributed by atoms with E-state index in [4.69, 9.17) is 4.74 Å². The normalized spacial score (nSPS) is 15.0. The maximum absolute atomic E-state index is 13.6. The highest BCUT2D eigenvalue weighted by Crippen LogP contribution is 2.25. The summed E-state index contributed by atoms with van der Waals surface area (Å²) in [4.78, 5) is 28.1. The van der Waals surface area contributed by atoms with Crippen LogP contribution in [-0.2, 0) is 24.2 Å². The van der Waals surface area contributed by atoms with Crippen molar-refractivity contribution in [2.24, 2.45) is 0 Å². The molecule has 1 fully saturated rings. The van der Waals surface area contributed by atoms with Crippen molar-refractivity contribution in [3.63, 3.8) is 0 Å². The van der Waals surface area contributed by atoms with Gasteiger partial charge in [0.1, 0.15) is 5.75 Å². The zero-order chi connectivity index (χ0) is 28.3. The molecule has 2 atom stereocenters. The molecule has 3 aromatic carbocycles. The Morgan fingerprint density at radius 1 is 1.00 bits per heavy atom. The van der Waals surface area contributed by atoms with Gasteiger partial charge in [0.2, 0.25) is 5.91 Å². The number of hydrogen-bond acceptors (Lipinski definition) is 5. The molecule has 40 heavy (non-hydrogen) atoms. The fourth-order valence-electron chi connectivity index (χ4n) is 5.16. The Bertz CT molecular complexity index is 1260. The Morgan fingerprint density at radius 2 is 1.80 bits per heavy atom. The number of nitrogens with one attached hydrogen (secondary N) is 2. The number of carbonyl (C=O) groups excluding carboxylic acids is 2. The smallest absolute Gasteiger partial charge is 0.251 e. The van der Waals surface area contributed by atoms with Gasteiger partial charge in [-0.25, -0.2) is 0 Å². The van der Waals surface area contributed by atoms with E-state index >= 15 is 0 Å². The summed E-state index contributed by atoms with van der Waals surface area (Å²) in [5.41, 5.74) is 4.39. The van der Waals surface area contributed by atoms with Gasteiger partial charge in [-0.3, -0.25) is 9.59 Å². The van der Waals surface area contributed by atoms with Crippen LogP contribution in [0.5, 0.6) is 5.75 Å². The molecule has 7 heteroatoms. The number of carbonyl (C=O) groups is 2. The van der Waals surface area contributed by atoms with Gasteiger partial charge in [0, 0.05) is 37.3 Å². The molecule has 1 aliphatic heterocycles. The Hall–Kier alpha value is -3.68. The zero-order valence-electron chi connectivity index (χ0n) is 23.6. The van der Waals surface area contributed by atoms with Gasteiger partial charge < -0.3 is 25.4 Å². The molecular weight excluding hydrogens is 502 g/mol. The van der Waals surface area contributed by atoms with Crippen molar-refractivity contribution in [1.29, 1.82) is 0 Å². The van der Waals surface area contributed by atoms with Crippen molar-refractivity contribution < 1.29 is 19.4 Å². The summed E-state index contributed by atoms with van der Waals surface area (Å²) < 4.78 is 5.30. The largest absolute Gasteiger partial charge is 0.497 e. The molecule has 212 valence electrons. The third-order valence-corrected chi connectivity index (χ3v) is 7.31. The van der Waals surface area contributed by atoms with Crippen LogP contribution in [0, 0.1) is 0 Å². The fraction of sp³-hybridized carbons (Fsp3) is 0.394. The minimum Gasteiger partial charge on any atom is -0.497 e. The predicted octanol–water partition coefficient (Wildman–Crippen LogP) is 4.66. The van der Waals surface area contributed by atoms with Crippen LogP contribution in [0.15, 0.2) is 72.8 Å². The van der Waals surface area contributed by atoms with Gasteiger partial charge in [0.05, 0.1) is 19.3 Å². The van der Waals surface area contributed by atoms with Crippen molar-refractivity contribution in [3.8, 4) is 5.75 Å². The lowest BCUT2D eigenvalue weighted by molar-refractivity contribution is -0.119. The minimum absolute atomic E-state index is 0.103. The molecule has 3 aromatic rings. The van der Waals surface area contributed by atoms with E-state index in [1.54, 1.807) is 12.0 Å². The minimum atomic E-state index is -0.822. The molecular formula is C33H41N3O4. The number of aliphatic hydroxyl groups is 1. The second kappa shape index (κ2) is 14.6. The summed E-state index contributed by atoms with van der Waals surface area (Å²) in [5.74, 6) is 0.632. The van der Waals surface area contributed by atoms with Crippen LogP contribution in [0.3, 0.4) is 0 Å². The van der Waals surface area contributed by atoms with Crippen molar-refractivity contribution >= 4 is 17.5 Å². The average molecular weight is 544 g/mol. The molecule has 0 spiro atoms. The van der Waals surface area contributed by atoms with E-state index in [0.29, 0.717) is 38.0 Å². The van der Waals surface area contributed by atoms with Gasteiger partial charge >= 0.3 is 0 Å². The summed E-state index contributed by atoms with van der Waals surface area (Å²) in [6.07, 6.45) is 3.82. The SMILES string of the molecule is CCCc1cc(C(=O)N[C@@H](Cc2ccccc2)[C@H](O)CNCc2cccc(OC)c2)cc(N2CCCCC2=O)c1. The first-order valence-corrected chi connectivity index (χ1v) is 14.3. The Morgan fingerprint density at radius 3 is 2.55 bits per heavy atom. The molecule has 7 nitrogen and oxygen atoms in total. The lowest BCUT2D eigenvalue weighted by Crippen LogP contribution is -2.48. The number of piperidine rings is 1. The Balaban J connectivity index is 1.50. The highest BCUT2D eigenvalue weighted by Gasteiger charge is 2.25. The van der Waals surface area contributed by atoms with E-state index in [1.165, 1.54) is 0 Å². The summed E-state index contributed by atoms with van der Waals surface area (Å²) in [6, 6.07) is 22.9. The number of benzene rings is 3. The molecule has 0 aromatic heterocycles. The van der Waals surface area contributed by atoms with Crippen molar-refractivity contribution in [3.05, 3.63) is 95.1 Å². The van der Waals surface area contributed by atoms with Gasteiger partial charge in [-0.1, -0.05) is 55.8 Å². The topological polar surface area (TPSA) is 90.9 Å². The third-order valence-electron chi connectivity index (χ3n) is 7.31. The number of hydrogen-bond donors (Lipinski definition) is 3. The number of aryl methyl sites for hydroxylation is 1. The second-order valence-electron chi connectivity index (χ2n) is 10.5. The molecule has 0 radical (unpaired) electrons. The van der Waals surface area contributed by atoms with Gasteiger partial charge in [0.15, 0.2) is 0 Å². The summed E-state index contributed by atoms with van der Waals surface area (Å²) in [6.45, 7) is 3.64. The molecule has 1 saturated heterocycles. The number of anilines is 1. The van der Waals surface area contributed by atoms with Crippen LogP contribution in [0.2, 0.25) is 0 Å². The zero-order valence-corrected chi connectivity index (χ0v) is 23.6. The van der Waals surface area contributed by atoms with Crippen molar-refractivity contribution in [2.45, 2.75) is 64.1 Å². The summed E-state index contributed by atoms with van der Waals surface area (Å²) in [7, 11) is 1.64. The highest BCUT2D eigenvalue weighted by molar-refractivity contribution is 5.99. The maximum Gasteiger partial charge on any atom is 0.251 e. The van der Waals surface area contributed by atoms with E-state index in [0.717, 1.165) is 53.8 Å². The number of methoxy groups -OCH3 is 1. The number of nitrogens with zero attached hydrogens (tertiary/aromatic N) is 1. The van der Waals surface area contributed by atoms with Crippen LogP contribution in [0.4, 0.5) is 5.69 Å². The monoisotopic (exact) mass is 543 g/mol. The molecule has 4 rings (SSSR count). The Labute approximate surface area is 237 Å². The van der Waals surface area contributed by atoms with Gasteiger partial charge in [-0.05, 0) is 72.7 Å². The fourth-order valence-corrected chi connectivity index (χ4v) is 5.16. The lowest BCUT2D eigenvalue weighted by atomic mass is 9.99. The number of aliphatic hydroxyl groups excluding tert-OH is 1. The summed E-state index contributed by atoms with van der Waals surface area (Å²) in [5, 5.41) is 17.6. The standard InChI is InChI=1S/C33H41N3O4/c1-3-10-25-17-27(21-28(18-25)36-16-8-7-15-32(36)38)33(39)35-30(20-24-11-5-4-6-12-24)31(37)23-34-22-26-13-9-14-29(19-26)40-2/h4-6,9,11-14,17-19,21,30-31,34,37H,3,7-8,10,15-16,20,22-23H2,1-2H3,(H,35,39)/t30-,31+/m0/s1. The van der Waals surface area contributed by atoms with E-state index in [-0.39, 0.29) is 11.8 Å². The predicted molar refractivity (Wildman–Crippen MR) is 159 cm³/mol. The first-order chi connectivity index (χ1) is 19.5. The molecule has 0 unspecified atom stereocenters. The quantitative estimate of drug-likeness (QED) is 0.292. The lowest BCUT2D eigenvalue weighted by Gasteiger charge is -2.28. The maximum atomic E-state index is 13.6. The van der Waals surface area contributed by atoms with Gasteiger partial charge in [-0.2, -0.15) is 0 Å². The number of ether oxygens (including phenoxy) is 1. The van der Waals surface area contributed by atoms with E-state index in [1.807, 2.05) is 72.8 Å². The molecule has 0 saturated carbocycles. The van der Waals surface area contributed by atoms with Crippen molar-refractivity contribution in [2.75, 3.05) is 25.1 Å². The molecule has 2 amide bonds. The van der Waals surface area contributed by atoms with E-state index in [9.17, 15) is 14.7 Å². The Kier molecular flexibility index (Phi) is 10.7. The molecule has 1 heterocycles. The molecule has 0 aliphatic carbocycles.